The van der Waals surface area contributed by atoms with E-state index >= 15 is 0 Å². The van der Waals surface area contributed by atoms with E-state index in [2.05, 4.69) is 0 Å². The molecule has 0 radical (unpaired) electrons. The molecule has 0 aliphatic rings. The van der Waals surface area contributed by atoms with Crippen LogP contribution < -0.4 is 0 Å². The predicted molar refractivity (Wildman–Crippen MR) is 62.0 cm³/mol. The molecule has 0 N–H and O–H groups in total. The fourth-order valence-electron chi connectivity index (χ4n) is 1.41. The maximum Gasteiger partial charge on any atom is 0.417 e. The molecule has 0 atom stereocenters. The van der Waals surface area contributed by atoms with Gasteiger partial charge in [-0.25, -0.2) is 0 Å². The number of hydrogen-bond donors (Lipinski definition) is 0. The molecule has 0 saturated carbocycles. The highest BCUT2D eigenvalue weighted by Gasteiger charge is 2.33. The number of rotatable bonds is 2. The largest absolute Gasteiger partial charge is 0.417 e. The van der Waals surface area contributed by atoms with Crippen LogP contribution in [0.15, 0.2) is 64.4 Å². The molecule has 0 aliphatic heterocycles. The molecule has 0 saturated heterocycles. The molecule has 17 heavy (non-hydrogen) atoms. The van der Waals surface area contributed by atoms with Crippen LogP contribution >= 0.6 is 11.8 Å². The van der Waals surface area contributed by atoms with E-state index in [-0.39, 0.29) is 4.90 Å². The molecule has 0 nitrogen and oxygen atoms in total. The molecule has 2 rings (SSSR count). The summed E-state index contributed by atoms with van der Waals surface area (Å²) in [5, 5.41) is 0. The molecule has 0 fully saturated rings. The summed E-state index contributed by atoms with van der Waals surface area (Å²) in [5.41, 5.74) is -0.589. The second-order valence-electron chi connectivity index (χ2n) is 3.41. The molecule has 88 valence electrons. The van der Waals surface area contributed by atoms with Gasteiger partial charge in [-0.1, -0.05) is 42.1 Å². The number of alkyl halides is 3. The van der Waals surface area contributed by atoms with Crippen LogP contribution in [0.1, 0.15) is 5.56 Å². The maximum absolute atomic E-state index is 12.7. The van der Waals surface area contributed by atoms with Crippen molar-refractivity contribution in [2.75, 3.05) is 0 Å². The Kier molecular flexibility index (Phi) is 3.43. The quantitative estimate of drug-likeness (QED) is 0.737. The molecule has 0 heterocycles. The Balaban J connectivity index is 2.34. The third kappa shape index (κ3) is 3.03. The smallest absolute Gasteiger partial charge is 0.166 e. The molecule has 0 spiro atoms. The Bertz CT molecular complexity index is 492. The average molecular weight is 254 g/mol. The van der Waals surface area contributed by atoms with Crippen molar-refractivity contribution in [1.29, 1.82) is 0 Å². The average Bonchev–Trinajstić information content (AvgIpc) is 2.30. The highest BCUT2D eigenvalue weighted by molar-refractivity contribution is 7.99. The number of halogens is 3. The van der Waals surface area contributed by atoms with Gasteiger partial charge in [-0.05, 0) is 24.3 Å². The van der Waals surface area contributed by atoms with E-state index in [0.717, 1.165) is 22.7 Å². The van der Waals surface area contributed by atoms with Gasteiger partial charge in [0.05, 0.1) is 5.56 Å². The summed E-state index contributed by atoms with van der Waals surface area (Å²) in [6.45, 7) is 0. The summed E-state index contributed by atoms with van der Waals surface area (Å²) < 4.78 is 38.2. The van der Waals surface area contributed by atoms with Crippen LogP contribution in [0.5, 0.6) is 0 Å². The van der Waals surface area contributed by atoms with E-state index in [1.165, 1.54) is 12.1 Å². The number of hydrogen-bond acceptors (Lipinski definition) is 1. The van der Waals surface area contributed by atoms with Gasteiger partial charge in [-0.2, -0.15) is 13.2 Å². The Morgan fingerprint density at radius 1 is 0.765 bits per heavy atom. The molecular weight excluding hydrogens is 245 g/mol. The lowest BCUT2D eigenvalue weighted by Gasteiger charge is -2.11. The molecule has 0 amide bonds. The van der Waals surface area contributed by atoms with Crippen molar-refractivity contribution < 1.29 is 13.2 Å². The van der Waals surface area contributed by atoms with Crippen LogP contribution in [0.4, 0.5) is 13.2 Å². The summed E-state index contributed by atoms with van der Waals surface area (Å²) >= 11 is 1.12. The van der Waals surface area contributed by atoms with E-state index in [4.69, 9.17) is 0 Å². The minimum absolute atomic E-state index is 0.228. The van der Waals surface area contributed by atoms with E-state index < -0.39 is 11.7 Å². The van der Waals surface area contributed by atoms with Gasteiger partial charge in [-0.15, -0.1) is 0 Å². The van der Waals surface area contributed by atoms with Crippen LogP contribution in [-0.4, -0.2) is 0 Å². The molecule has 0 bridgehead atoms. The zero-order valence-electron chi connectivity index (χ0n) is 8.74. The highest BCUT2D eigenvalue weighted by atomic mass is 32.2. The lowest BCUT2D eigenvalue weighted by molar-refractivity contribution is -0.139. The van der Waals surface area contributed by atoms with Crippen LogP contribution in [0.2, 0.25) is 0 Å². The predicted octanol–water partition coefficient (Wildman–Crippen LogP) is 4.86. The van der Waals surface area contributed by atoms with Crippen molar-refractivity contribution in [2.45, 2.75) is 16.0 Å². The van der Waals surface area contributed by atoms with Gasteiger partial charge >= 0.3 is 6.18 Å². The molecule has 2 aromatic carbocycles. The maximum atomic E-state index is 12.7. The van der Waals surface area contributed by atoms with E-state index in [9.17, 15) is 13.2 Å². The van der Waals surface area contributed by atoms with Gasteiger partial charge in [0.1, 0.15) is 0 Å². The van der Waals surface area contributed by atoms with Crippen LogP contribution in [0.25, 0.3) is 0 Å². The zero-order chi connectivity index (χ0) is 12.3. The Morgan fingerprint density at radius 2 is 1.35 bits per heavy atom. The molecule has 0 aliphatic carbocycles. The van der Waals surface area contributed by atoms with Crippen LogP contribution in [0, 0.1) is 0 Å². The van der Waals surface area contributed by atoms with Gasteiger partial charge in [0.2, 0.25) is 0 Å². The minimum Gasteiger partial charge on any atom is -0.166 e. The summed E-state index contributed by atoms with van der Waals surface area (Å²) in [6, 6.07) is 14.6. The molecule has 2 aromatic rings. The first-order valence-corrected chi connectivity index (χ1v) is 5.78. The van der Waals surface area contributed by atoms with Gasteiger partial charge < -0.3 is 0 Å². The summed E-state index contributed by atoms with van der Waals surface area (Å²) in [7, 11) is 0. The van der Waals surface area contributed by atoms with Crippen LogP contribution in [-0.2, 0) is 6.18 Å². The topological polar surface area (TPSA) is 0 Å². The Labute approximate surface area is 101 Å². The molecule has 0 aromatic heterocycles. The lowest BCUT2D eigenvalue weighted by Crippen LogP contribution is -2.06. The van der Waals surface area contributed by atoms with Crippen molar-refractivity contribution >= 4 is 11.8 Å². The summed E-state index contributed by atoms with van der Waals surface area (Å²) in [5.74, 6) is 0. The van der Waals surface area contributed by atoms with Gasteiger partial charge in [0, 0.05) is 9.79 Å². The van der Waals surface area contributed by atoms with Crippen LogP contribution in [0.3, 0.4) is 0 Å². The first-order chi connectivity index (χ1) is 8.07. The van der Waals surface area contributed by atoms with E-state index in [1.807, 2.05) is 6.07 Å². The standard InChI is InChI=1S/C13H9F3S/c14-13(15,16)11-8-4-5-9-12(11)17-10-6-2-1-3-7-10/h1-9H. The van der Waals surface area contributed by atoms with Gasteiger partial charge in [-0.3, -0.25) is 0 Å². The van der Waals surface area contributed by atoms with E-state index in [0.29, 0.717) is 0 Å². The molecule has 0 unspecified atom stereocenters. The first-order valence-electron chi connectivity index (χ1n) is 4.96. The van der Waals surface area contributed by atoms with Crippen molar-refractivity contribution in [1.82, 2.24) is 0 Å². The zero-order valence-corrected chi connectivity index (χ0v) is 9.55. The summed E-state index contributed by atoms with van der Waals surface area (Å²) in [6.07, 6.45) is -4.31. The monoisotopic (exact) mass is 254 g/mol. The van der Waals surface area contributed by atoms with Crippen molar-refractivity contribution in [3.8, 4) is 0 Å². The van der Waals surface area contributed by atoms with Gasteiger partial charge in [0.15, 0.2) is 0 Å². The lowest BCUT2D eigenvalue weighted by atomic mass is 10.2. The molecular formula is C13H9F3S. The van der Waals surface area contributed by atoms with E-state index in [1.54, 1.807) is 30.3 Å². The first kappa shape index (κ1) is 12.0. The SMILES string of the molecule is FC(F)(F)c1ccccc1Sc1ccccc1. The second kappa shape index (κ2) is 4.84. The Morgan fingerprint density at radius 3 is 2.00 bits per heavy atom. The fourth-order valence-corrected chi connectivity index (χ4v) is 2.39. The summed E-state index contributed by atoms with van der Waals surface area (Å²) in [4.78, 5) is 1.02. The third-order valence-corrected chi connectivity index (χ3v) is 3.25. The molecule has 4 heteroatoms. The van der Waals surface area contributed by atoms with Gasteiger partial charge in [0.25, 0.3) is 0 Å². The van der Waals surface area contributed by atoms with Crippen molar-refractivity contribution in [3.63, 3.8) is 0 Å². The van der Waals surface area contributed by atoms with Crippen molar-refractivity contribution in [2.24, 2.45) is 0 Å². The second-order valence-corrected chi connectivity index (χ2v) is 4.52. The normalized spacial score (nSPS) is 11.5. The minimum atomic E-state index is -4.31. The van der Waals surface area contributed by atoms with Crippen molar-refractivity contribution in [3.05, 3.63) is 60.2 Å². The highest BCUT2D eigenvalue weighted by Crippen LogP contribution is 2.39. The third-order valence-electron chi connectivity index (χ3n) is 2.16. The Hall–Kier alpha value is -1.42. The fraction of sp³-hybridized carbons (Fsp3) is 0.0769. The number of benzene rings is 2.